The Morgan fingerprint density at radius 1 is 0.292 bits per heavy atom. The summed E-state index contributed by atoms with van der Waals surface area (Å²) in [7, 11) is 0. The monoisotopic (exact) mass is 1040 g/mol. The number of aromatic nitrogens is 3. The fourth-order valence-electron chi connectivity index (χ4n) is 11.3. The van der Waals surface area contributed by atoms with Crippen LogP contribution in [0.2, 0.25) is 0 Å². The van der Waals surface area contributed by atoms with Crippen LogP contribution < -0.4 is 0 Å². The zero-order chi connectivity index (χ0) is 46.6. The molecule has 0 bridgehead atoms. The number of aromatic amines is 1. The van der Waals surface area contributed by atoms with E-state index in [9.17, 15) is 0 Å². The first-order valence-electron chi connectivity index (χ1n) is 24.2. The van der Waals surface area contributed by atoms with E-state index in [0.29, 0.717) is 0 Å². The van der Waals surface area contributed by atoms with Crippen LogP contribution in [0.15, 0.2) is 251 Å². The Morgan fingerprint density at radius 3 is 1.28 bits per heavy atom. The van der Waals surface area contributed by atoms with E-state index in [0.717, 1.165) is 88.5 Å². The van der Waals surface area contributed by atoms with Crippen molar-refractivity contribution >= 4 is 133 Å². The Kier molecular flexibility index (Phi) is 9.73. The maximum atomic E-state index is 6.70. The van der Waals surface area contributed by atoms with Crippen LogP contribution in [0.4, 0.5) is 0 Å². The molecule has 5 heterocycles. The zero-order valence-electron chi connectivity index (χ0n) is 38.7. The highest BCUT2D eigenvalue weighted by Crippen LogP contribution is 2.42. The number of rotatable bonds is 4. The number of hydrogen-bond acceptors (Lipinski definition) is 2. The zero-order valence-corrected chi connectivity index (χ0v) is 41.0. The maximum Gasteiger partial charge on any atom is 0.159 e. The van der Waals surface area contributed by atoms with Crippen molar-refractivity contribution in [2.75, 3.05) is 0 Å². The minimum atomic E-state index is 0. The van der Waals surface area contributed by atoms with Gasteiger partial charge in [0.15, 0.2) is 5.58 Å². The molecular formula is C66H42IN3O2. The molecule has 0 atom stereocenters. The van der Waals surface area contributed by atoms with Gasteiger partial charge in [-0.25, -0.2) is 0 Å². The lowest BCUT2D eigenvalue weighted by molar-refractivity contribution is 0.666. The van der Waals surface area contributed by atoms with E-state index < -0.39 is 0 Å². The average molecular weight is 1040 g/mol. The lowest BCUT2D eigenvalue weighted by atomic mass is 9.99. The van der Waals surface area contributed by atoms with Gasteiger partial charge in [-0.15, -0.1) is 24.0 Å². The summed E-state index contributed by atoms with van der Waals surface area (Å²) in [4.78, 5) is 3.38. The second-order valence-electron chi connectivity index (χ2n) is 18.5. The first-order chi connectivity index (χ1) is 35.2. The first kappa shape index (κ1) is 42.1. The van der Waals surface area contributed by atoms with Crippen LogP contribution in [0.3, 0.4) is 0 Å². The second-order valence-corrected chi connectivity index (χ2v) is 18.5. The smallest absolute Gasteiger partial charge is 0.159 e. The maximum absolute atomic E-state index is 6.70. The molecule has 16 rings (SSSR count). The molecule has 5 aromatic heterocycles. The van der Waals surface area contributed by atoms with Crippen LogP contribution in [-0.4, -0.2) is 14.1 Å². The van der Waals surface area contributed by atoms with Crippen LogP contribution in [0.25, 0.3) is 143 Å². The molecule has 72 heavy (non-hydrogen) atoms. The quantitative estimate of drug-likeness (QED) is 0.179. The number of hydrogen-bond donors (Lipinski definition) is 1. The van der Waals surface area contributed by atoms with Gasteiger partial charge in [0.05, 0.1) is 27.8 Å². The van der Waals surface area contributed by atoms with Crippen molar-refractivity contribution in [2.24, 2.45) is 0 Å². The molecule has 0 spiro atoms. The van der Waals surface area contributed by atoms with Gasteiger partial charge in [0.1, 0.15) is 16.7 Å². The number of H-pyrrole nitrogens is 1. The van der Waals surface area contributed by atoms with E-state index in [4.69, 9.17) is 8.83 Å². The highest BCUT2D eigenvalue weighted by atomic mass is 127. The van der Waals surface area contributed by atoms with Crippen LogP contribution in [0, 0.1) is 0 Å². The third-order valence-electron chi connectivity index (χ3n) is 14.5. The predicted molar refractivity (Wildman–Crippen MR) is 312 cm³/mol. The highest BCUT2D eigenvalue weighted by molar-refractivity contribution is 14.0. The fraction of sp³-hybridized carbons (Fsp3) is 0. The Hall–Kier alpha value is -8.85. The van der Waals surface area contributed by atoms with Gasteiger partial charge < -0.3 is 23.0 Å². The summed E-state index contributed by atoms with van der Waals surface area (Å²) in [6, 6.07) is 86.1. The summed E-state index contributed by atoms with van der Waals surface area (Å²) in [5.74, 6) is 0. The highest BCUT2D eigenvalue weighted by Gasteiger charge is 2.20. The van der Waals surface area contributed by atoms with Gasteiger partial charge in [-0.05, 0) is 95.6 Å². The van der Waals surface area contributed by atoms with Gasteiger partial charge in [-0.1, -0.05) is 164 Å². The Balaban J connectivity index is 0.000000298. The third kappa shape index (κ3) is 6.45. The van der Waals surface area contributed by atoms with Crippen molar-refractivity contribution < 1.29 is 8.83 Å². The first-order valence-corrected chi connectivity index (χ1v) is 24.2. The molecule has 0 saturated heterocycles. The summed E-state index contributed by atoms with van der Waals surface area (Å²) in [5, 5.41) is 12.0. The lowest BCUT2D eigenvalue weighted by Gasteiger charge is -2.10. The summed E-state index contributed by atoms with van der Waals surface area (Å²) in [6.07, 6.45) is 0. The Bertz CT molecular complexity index is 4640. The molecule has 0 saturated carbocycles. The van der Waals surface area contributed by atoms with E-state index in [1.807, 2.05) is 0 Å². The van der Waals surface area contributed by atoms with Crippen molar-refractivity contribution in [1.29, 1.82) is 0 Å². The second kappa shape index (κ2) is 16.6. The van der Waals surface area contributed by atoms with Gasteiger partial charge in [0.2, 0.25) is 0 Å². The SMILES string of the molecule is I.c1cc(-c2cccc3c2oc2ccc(-c4ccc5oc6c(-n7c8ccccc8c8ccccc87)cccc6c5c4)cc23)cc(-n2c3ccccc3c3ccccc32)c1.c1ccc2c(c1)[nH]c1ccccc12. The molecule has 0 unspecified atom stereocenters. The summed E-state index contributed by atoms with van der Waals surface area (Å²) in [6.45, 7) is 0. The number of fused-ring (bicyclic) bond motifs is 15. The number of para-hydroxylation sites is 8. The van der Waals surface area contributed by atoms with Gasteiger partial charge in [-0.2, -0.15) is 0 Å². The van der Waals surface area contributed by atoms with Gasteiger partial charge in [0.25, 0.3) is 0 Å². The molecule has 0 aliphatic heterocycles. The van der Waals surface area contributed by atoms with E-state index in [-0.39, 0.29) is 24.0 Å². The van der Waals surface area contributed by atoms with Crippen LogP contribution in [0.5, 0.6) is 0 Å². The molecule has 0 amide bonds. The molecule has 5 nitrogen and oxygen atoms in total. The molecule has 340 valence electrons. The molecule has 0 aliphatic rings. The number of furan rings is 2. The molecule has 6 heteroatoms. The molecule has 11 aromatic carbocycles. The topological polar surface area (TPSA) is 51.9 Å². The summed E-state index contributed by atoms with van der Waals surface area (Å²) >= 11 is 0. The number of benzene rings is 11. The average Bonchev–Trinajstić information content (AvgIpc) is 4.25. The Morgan fingerprint density at radius 2 is 0.722 bits per heavy atom. The number of nitrogens with zero attached hydrogens (tertiary/aromatic N) is 2. The molecule has 0 radical (unpaired) electrons. The Labute approximate surface area is 429 Å². The normalized spacial score (nSPS) is 11.8. The summed E-state index contributed by atoms with van der Waals surface area (Å²) < 4.78 is 18.1. The number of nitrogens with one attached hydrogen (secondary N) is 1. The largest absolute Gasteiger partial charge is 0.455 e. The van der Waals surface area contributed by atoms with Gasteiger partial charge in [-0.3, -0.25) is 0 Å². The molecular weight excluding hydrogens is 994 g/mol. The summed E-state index contributed by atoms with van der Waals surface area (Å²) in [5.41, 5.74) is 17.3. The van der Waals surface area contributed by atoms with Crippen molar-refractivity contribution in [3.8, 4) is 33.6 Å². The molecule has 16 aromatic rings. The lowest BCUT2D eigenvalue weighted by Crippen LogP contribution is -1.94. The van der Waals surface area contributed by atoms with Crippen molar-refractivity contribution in [1.82, 2.24) is 14.1 Å². The third-order valence-corrected chi connectivity index (χ3v) is 14.5. The molecule has 0 fully saturated rings. The van der Waals surface area contributed by atoms with Crippen molar-refractivity contribution in [3.05, 3.63) is 243 Å². The van der Waals surface area contributed by atoms with Crippen molar-refractivity contribution in [3.63, 3.8) is 0 Å². The number of halogens is 1. The van der Waals surface area contributed by atoms with Crippen LogP contribution in [0.1, 0.15) is 0 Å². The minimum absolute atomic E-state index is 0. The van der Waals surface area contributed by atoms with Gasteiger partial charge in [0, 0.05) is 76.1 Å². The predicted octanol–water partition coefficient (Wildman–Crippen LogP) is 19.0. The van der Waals surface area contributed by atoms with E-state index in [2.05, 4.69) is 257 Å². The molecule has 1 N–H and O–H groups in total. The standard InChI is InChI=1S/C54H32N2O2.C12H9N.HI/c1-5-21-46-38(14-1)39-15-2-6-22-47(39)55(46)36-13-9-12-35(30-36)37-18-10-19-42-44-31-33(26-28-51(44)57-53(37)42)34-27-29-52-45(32-34)43-20-11-25-50(54(43)58-52)56-48-23-7-3-16-40(48)41-17-4-8-24-49(41)56;1-3-7-11-9(5-1)10-6-2-4-8-12(10)13-11;/h1-32H;1-8,13H;1H. The molecule has 0 aliphatic carbocycles. The van der Waals surface area contributed by atoms with E-state index in [1.54, 1.807) is 0 Å². The fourth-order valence-corrected chi connectivity index (χ4v) is 11.3. The van der Waals surface area contributed by atoms with E-state index in [1.165, 1.54) is 54.4 Å². The van der Waals surface area contributed by atoms with E-state index >= 15 is 0 Å². The van der Waals surface area contributed by atoms with Crippen molar-refractivity contribution in [2.45, 2.75) is 0 Å². The van der Waals surface area contributed by atoms with Crippen LogP contribution >= 0.6 is 24.0 Å². The minimum Gasteiger partial charge on any atom is -0.455 e. The van der Waals surface area contributed by atoms with Crippen LogP contribution in [-0.2, 0) is 0 Å². The van der Waals surface area contributed by atoms with Gasteiger partial charge >= 0.3 is 0 Å².